The number of nitrogen functional groups attached to an aromatic ring is 1. The van der Waals surface area contributed by atoms with Crippen LogP contribution in [0.15, 0.2) is 30.6 Å². The van der Waals surface area contributed by atoms with Crippen molar-refractivity contribution in [2.24, 2.45) is 0 Å². The second-order valence-electron chi connectivity index (χ2n) is 4.20. The predicted octanol–water partition coefficient (Wildman–Crippen LogP) is 1.85. The van der Waals surface area contributed by atoms with Gasteiger partial charge in [-0.3, -0.25) is 4.68 Å². The van der Waals surface area contributed by atoms with Crippen molar-refractivity contribution in [1.82, 2.24) is 9.78 Å². The number of anilines is 1. The molecule has 1 aromatic carbocycles. The third kappa shape index (κ3) is 2.90. The summed E-state index contributed by atoms with van der Waals surface area (Å²) in [7, 11) is 1.50. The van der Waals surface area contributed by atoms with Crippen LogP contribution >= 0.6 is 0 Å². The van der Waals surface area contributed by atoms with Gasteiger partial charge in [0.2, 0.25) is 0 Å². The Hall–Kier alpha value is -2.50. The van der Waals surface area contributed by atoms with Gasteiger partial charge in [-0.1, -0.05) is 6.07 Å². The molecule has 1 heterocycles. The molecule has 0 spiro atoms. The van der Waals surface area contributed by atoms with Crippen LogP contribution in [0.3, 0.4) is 0 Å². The third-order valence-corrected chi connectivity index (χ3v) is 2.89. The van der Waals surface area contributed by atoms with Crippen molar-refractivity contribution in [3.63, 3.8) is 0 Å². The Morgan fingerprint density at radius 2 is 2.25 bits per heavy atom. The average molecular weight is 275 g/mol. The van der Waals surface area contributed by atoms with Crippen molar-refractivity contribution in [3.8, 4) is 5.75 Å². The standard InChI is InChI=1S/C14H17N3O3/c1-3-17-8-10(7-16-17)9-20-14(18)11-5-4-6-12(19-2)13(11)15/h4-8H,3,9,15H2,1-2H3. The number of carbonyl (C=O) groups excluding carboxylic acids is 1. The Morgan fingerprint density at radius 3 is 2.90 bits per heavy atom. The van der Waals surface area contributed by atoms with Gasteiger partial charge in [0, 0.05) is 18.3 Å². The summed E-state index contributed by atoms with van der Waals surface area (Å²) in [5, 5.41) is 4.11. The normalized spacial score (nSPS) is 10.3. The Balaban J connectivity index is 2.05. The molecule has 1 aromatic heterocycles. The lowest BCUT2D eigenvalue weighted by Gasteiger charge is -2.09. The number of hydrogen-bond acceptors (Lipinski definition) is 5. The van der Waals surface area contributed by atoms with Gasteiger partial charge >= 0.3 is 5.97 Å². The zero-order valence-electron chi connectivity index (χ0n) is 11.5. The fourth-order valence-corrected chi connectivity index (χ4v) is 1.78. The first kappa shape index (κ1) is 13.9. The zero-order valence-corrected chi connectivity index (χ0v) is 11.5. The Bertz CT molecular complexity index is 607. The minimum atomic E-state index is -0.481. The molecular formula is C14H17N3O3. The van der Waals surface area contributed by atoms with Crippen molar-refractivity contribution in [3.05, 3.63) is 41.7 Å². The highest BCUT2D eigenvalue weighted by Gasteiger charge is 2.14. The van der Waals surface area contributed by atoms with Crippen LogP contribution in [0.1, 0.15) is 22.8 Å². The maximum atomic E-state index is 12.0. The van der Waals surface area contributed by atoms with E-state index in [-0.39, 0.29) is 12.3 Å². The van der Waals surface area contributed by atoms with Crippen LogP contribution in [0.4, 0.5) is 5.69 Å². The van der Waals surface area contributed by atoms with E-state index in [2.05, 4.69) is 5.10 Å². The minimum absolute atomic E-state index is 0.162. The quantitative estimate of drug-likeness (QED) is 0.665. The maximum Gasteiger partial charge on any atom is 0.340 e. The van der Waals surface area contributed by atoms with Crippen LogP contribution in [0.2, 0.25) is 0 Å². The SMILES string of the molecule is CCn1cc(COC(=O)c2cccc(OC)c2N)cn1. The number of aromatic nitrogens is 2. The number of rotatable bonds is 5. The van der Waals surface area contributed by atoms with Crippen LogP contribution in [0.25, 0.3) is 0 Å². The molecule has 0 saturated carbocycles. The van der Waals surface area contributed by atoms with E-state index in [1.54, 1.807) is 29.1 Å². The molecule has 0 radical (unpaired) electrons. The molecule has 0 bridgehead atoms. The van der Waals surface area contributed by atoms with Crippen LogP contribution in [0, 0.1) is 0 Å². The molecule has 0 aliphatic rings. The number of esters is 1. The Labute approximate surface area is 117 Å². The number of nitrogens with two attached hydrogens (primary N) is 1. The number of hydrogen-bond donors (Lipinski definition) is 1. The summed E-state index contributed by atoms with van der Waals surface area (Å²) in [6.07, 6.45) is 3.51. The monoisotopic (exact) mass is 275 g/mol. The molecule has 0 saturated heterocycles. The number of ether oxygens (including phenoxy) is 2. The molecule has 6 nitrogen and oxygen atoms in total. The summed E-state index contributed by atoms with van der Waals surface area (Å²) in [6.45, 7) is 2.92. The highest BCUT2D eigenvalue weighted by atomic mass is 16.5. The van der Waals surface area contributed by atoms with Crippen LogP contribution in [-0.4, -0.2) is 22.9 Å². The van der Waals surface area contributed by atoms with Crippen molar-refractivity contribution < 1.29 is 14.3 Å². The second kappa shape index (κ2) is 6.10. The highest BCUT2D eigenvalue weighted by molar-refractivity contribution is 5.96. The molecule has 106 valence electrons. The fourth-order valence-electron chi connectivity index (χ4n) is 1.78. The summed E-state index contributed by atoms with van der Waals surface area (Å²) < 4.78 is 12.1. The van der Waals surface area contributed by atoms with E-state index >= 15 is 0 Å². The first-order valence-corrected chi connectivity index (χ1v) is 6.26. The smallest absolute Gasteiger partial charge is 0.340 e. The first-order valence-electron chi connectivity index (χ1n) is 6.26. The summed E-state index contributed by atoms with van der Waals surface area (Å²) >= 11 is 0. The molecule has 2 N–H and O–H groups in total. The van der Waals surface area contributed by atoms with E-state index in [1.165, 1.54) is 7.11 Å². The molecule has 0 amide bonds. The van der Waals surface area contributed by atoms with E-state index < -0.39 is 5.97 Å². The van der Waals surface area contributed by atoms with Gasteiger partial charge in [0.15, 0.2) is 0 Å². The van der Waals surface area contributed by atoms with E-state index in [1.807, 2.05) is 13.1 Å². The predicted molar refractivity (Wildman–Crippen MR) is 74.4 cm³/mol. The van der Waals surface area contributed by atoms with E-state index in [4.69, 9.17) is 15.2 Å². The van der Waals surface area contributed by atoms with Crippen molar-refractivity contribution in [1.29, 1.82) is 0 Å². The topological polar surface area (TPSA) is 79.4 Å². The van der Waals surface area contributed by atoms with Gasteiger partial charge in [0.25, 0.3) is 0 Å². The maximum absolute atomic E-state index is 12.0. The molecule has 2 aromatic rings. The molecule has 20 heavy (non-hydrogen) atoms. The Kier molecular flexibility index (Phi) is 4.24. The van der Waals surface area contributed by atoms with Gasteiger partial charge in [0.1, 0.15) is 12.4 Å². The van der Waals surface area contributed by atoms with Crippen molar-refractivity contribution in [2.75, 3.05) is 12.8 Å². The summed E-state index contributed by atoms with van der Waals surface area (Å²) in [5.74, 6) is -0.0242. The largest absolute Gasteiger partial charge is 0.495 e. The Morgan fingerprint density at radius 1 is 1.45 bits per heavy atom. The summed E-state index contributed by atoms with van der Waals surface area (Å²) in [4.78, 5) is 12.0. The molecular weight excluding hydrogens is 258 g/mol. The number of benzene rings is 1. The first-order chi connectivity index (χ1) is 9.65. The fraction of sp³-hybridized carbons (Fsp3) is 0.286. The van der Waals surface area contributed by atoms with Crippen molar-refractivity contribution >= 4 is 11.7 Å². The highest BCUT2D eigenvalue weighted by Crippen LogP contribution is 2.25. The van der Waals surface area contributed by atoms with Crippen molar-refractivity contribution in [2.45, 2.75) is 20.1 Å². The number of methoxy groups -OCH3 is 1. The average Bonchev–Trinajstić information content (AvgIpc) is 2.93. The lowest BCUT2D eigenvalue weighted by atomic mass is 10.1. The van der Waals surface area contributed by atoms with Crippen LogP contribution in [0.5, 0.6) is 5.75 Å². The molecule has 2 rings (SSSR count). The van der Waals surface area contributed by atoms with Crippen LogP contribution < -0.4 is 10.5 Å². The molecule has 0 aliphatic heterocycles. The molecule has 0 unspecified atom stereocenters. The summed E-state index contributed by atoms with van der Waals surface area (Å²) in [5.41, 5.74) is 7.26. The van der Waals surface area contributed by atoms with Gasteiger partial charge < -0.3 is 15.2 Å². The number of aryl methyl sites for hydroxylation is 1. The lowest BCUT2D eigenvalue weighted by molar-refractivity contribution is 0.0473. The van der Waals surface area contributed by atoms with Gasteiger partial charge in [0.05, 0.1) is 24.6 Å². The lowest BCUT2D eigenvalue weighted by Crippen LogP contribution is -2.09. The van der Waals surface area contributed by atoms with Gasteiger partial charge in [-0.25, -0.2) is 4.79 Å². The zero-order chi connectivity index (χ0) is 14.5. The van der Waals surface area contributed by atoms with Gasteiger partial charge in [-0.15, -0.1) is 0 Å². The number of para-hydroxylation sites is 1. The van der Waals surface area contributed by atoms with E-state index in [0.717, 1.165) is 12.1 Å². The molecule has 6 heteroatoms. The number of carbonyl (C=O) groups is 1. The van der Waals surface area contributed by atoms with E-state index in [9.17, 15) is 4.79 Å². The summed E-state index contributed by atoms with van der Waals surface area (Å²) in [6, 6.07) is 4.99. The second-order valence-corrected chi connectivity index (χ2v) is 4.20. The number of nitrogens with zero attached hydrogens (tertiary/aromatic N) is 2. The molecule has 0 atom stereocenters. The molecule has 0 aliphatic carbocycles. The minimum Gasteiger partial charge on any atom is -0.495 e. The van der Waals surface area contributed by atoms with Crippen LogP contribution in [-0.2, 0) is 17.9 Å². The third-order valence-electron chi connectivity index (χ3n) is 2.89. The van der Waals surface area contributed by atoms with Gasteiger partial charge in [-0.05, 0) is 19.1 Å². The van der Waals surface area contributed by atoms with Gasteiger partial charge in [-0.2, -0.15) is 5.10 Å². The van der Waals surface area contributed by atoms with E-state index in [0.29, 0.717) is 11.3 Å². The molecule has 0 fully saturated rings.